The Hall–Kier alpha value is -3.33. The number of benzene rings is 1. The predicted molar refractivity (Wildman–Crippen MR) is 264 cm³/mol. The highest BCUT2D eigenvalue weighted by molar-refractivity contribution is 5.77. The zero-order valence-electron chi connectivity index (χ0n) is 41.1. The van der Waals surface area contributed by atoms with Crippen LogP contribution in [0.4, 0.5) is 0 Å². The van der Waals surface area contributed by atoms with E-state index in [4.69, 9.17) is 4.74 Å². The molecule has 0 bridgehead atoms. The van der Waals surface area contributed by atoms with E-state index in [1.165, 1.54) is 74.5 Å². The SMILES string of the molecule is C=C/C=C\C(=C/C)CN(C=C)CCCC.CC.CC.CC.CCC.CCCC(C)CC(CC)c1ccc(C2CC2)c(OCC)c1.C\C=C/C=C\C(C)=C\CC(C)=O. The van der Waals surface area contributed by atoms with Gasteiger partial charge in [0.1, 0.15) is 11.5 Å². The number of carbonyl (C=O) groups is 1. The average Bonchev–Trinajstić information content (AvgIpc) is 4.08. The van der Waals surface area contributed by atoms with Crippen LogP contribution in [0.2, 0.25) is 0 Å². The smallest absolute Gasteiger partial charge is 0.133 e. The summed E-state index contributed by atoms with van der Waals surface area (Å²) in [6.45, 7) is 45.5. The number of hydrogen-bond acceptors (Lipinski definition) is 3. The normalized spacial score (nSPS) is 12.9. The summed E-state index contributed by atoms with van der Waals surface area (Å²) in [6.07, 6.45) is 31.8. The molecule has 57 heavy (non-hydrogen) atoms. The third kappa shape index (κ3) is 39.3. The summed E-state index contributed by atoms with van der Waals surface area (Å²) < 4.78 is 5.93. The van der Waals surface area contributed by atoms with E-state index in [0.29, 0.717) is 12.3 Å². The topological polar surface area (TPSA) is 29.5 Å². The highest BCUT2D eigenvalue weighted by atomic mass is 16.5. The van der Waals surface area contributed by atoms with Gasteiger partial charge in [0.2, 0.25) is 0 Å². The maximum absolute atomic E-state index is 10.6. The standard InChI is InChI=1S/C20H32O.C14H23N.C11H16O.C3H8.3C2H6/c1-5-8-15(4)13-16(6-2)18-11-12-19(17-9-10-17)20(14-18)21-7-3;1-5-9-11-14(7-3)13-15(8-4)12-10-6-2;1-4-5-6-7-10(2)8-9-11(3)12;1-3-2;3*1-2/h11-12,14-17H,5-10,13H2,1-4H3;5,7-9,11H,1,4,6,10,12-13H2,2-3H3;4-8H,9H2,1-3H3;3H2,1-2H3;3*1-2H3/b;11-9-,14-7+;5-4-,7-6-,10-8+;;;;. The van der Waals surface area contributed by atoms with Crippen molar-refractivity contribution in [2.24, 2.45) is 5.92 Å². The Kier molecular flexibility index (Phi) is 53.8. The number of allylic oxidation sites excluding steroid dienone is 9. The number of ketones is 1. The second-order valence-corrected chi connectivity index (χ2v) is 13.7. The van der Waals surface area contributed by atoms with Crippen LogP contribution in [0.3, 0.4) is 0 Å². The molecule has 0 saturated heterocycles. The lowest BCUT2D eigenvalue weighted by Gasteiger charge is -2.21. The molecule has 1 saturated carbocycles. The average molecular weight is 792 g/mol. The molecule has 1 aromatic carbocycles. The summed E-state index contributed by atoms with van der Waals surface area (Å²) in [4.78, 5) is 12.8. The van der Waals surface area contributed by atoms with Crippen molar-refractivity contribution < 1.29 is 9.53 Å². The highest BCUT2D eigenvalue weighted by Crippen LogP contribution is 2.45. The van der Waals surface area contributed by atoms with Crippen molar-refractivity contribution in [1.29, 1.82) is 0 Å². The van der Waals surface area contributed by atoms with Gasteiger partial charge in [-0.15, -0.1) is 0 Å². The minimum atomic E-state index is 0.203. The largest absolute Gasteiger partial charge is 0.494 e. The van der Waals surface area contributed by atoms with E-state index in [2.05, 4.69) is 104 Å². The van der Waals surface area contributed by atoms with E-state index >= 15 is 0 Å². The molecular weight excluding hydrogens is 695 g/mol. The van der Waals surface area contributed by atoms with Gasteiger partial charge in [0.15, 0.2) is 0 Å². The Balaban J connectivity index is -0.000000222. The number of rotatable bonds is 21. The molecule has 330 valence electrons. The van der Waals surface area contributed by atoms with Crippen LogP contribution in [0.15, 0.2) is 103 Å². The second-order valence-electron chi connectivity index (χ2n) is 13.7. The van der Waals surface area contributed by atoms with Gasteiger partial charge in [-0.25, -0.2) is 0 Å². The first kappa shape index (κ1) is 62.9. The summed E-state index contributed by atoms with van der Waals surface area (Å²) >= 11 is 0. The molecule has 0 radical (unpaired) electrons. The van der Waals surface area contributed by atoms with E-state index in [1.807, 2.05) is 98.0 Å². The molecule has 3 heteroatoms. The first-order valence-corrected chi connectivity index (χ1v) is 23.1. The van der Waals surface area contributed by atoms with E-state index < -0.39 is 0 Å². The Bertz CT molecular complexity index is 1190. The molecule has 0 aromatic heterocycles. The minimum absolute atomic E-state index is 0.203. The van der Waals surface area contributed by atoms with Gasteiger partial charge in [-0.1, -0.05) is 194 Å². The fourth-order valence-corrected chi connectivity index (χ4v) is 5.41. The molecule has 0 N–H and O–H groups in total. The number of ether oxygens (including phenoxy) is 1. The number of unbranched alkanes of at least 4 members (excludes halogenated alkanes) is 1. The van der Waals surface area contributed by atoms with Crippen molar-refractivity contribution in [3.63, 3.8) is 0 Å². The third-order valence-electron chi connectivity index (χ3n) is 8.42. The van der Waals surface area contributed by atoms with E-state index in [9.17, 15) is 4.79 Å². The van der Waals surface area contributed by atoms with Crippen LogP contribution in [-0.2, 0) is 4.79 Å². The lowest BCUT2D eigenvalue weighted by Crippen LogP contribution is -2.20. The fourth-order valence-electron chi connectivity index (χ4n) is 5.41. The van der Waals surface area contributed by atoms with E-state index in [1.54, 1.807) is 13.0 Å². The second kappa shape index (κ2) is 48.8. The molecule has 3 nitrogen and oxygen atoms in total. The Morgan fingerprint density at radius 3 is 1.95 bits per heavy atom. The van der Waals surface area contributed by atoms with E-state index in [0.717, 1.165) is 42.9 Å². The van der Waals surface area contributed by atoms with Crippen LogP contribution >= 0.6 is 0 Å². The Labute approximate surface area is 358 Å². The van der Waals surface area contributed by atoms with Crippen molar-refractivity contribution in [1.82, 2.24) is 4.90 Å². The zero-order valence-corrected chi connectivity index (χ0v) is 41.1. The third-order valence-corrected chi connectivity index (χ3v) is 8.42. The molecule has 0 spiro atoms. The van der Waals surface area contributed by atoms with Crippen molar-refractivity contribution >= 4 is 5.78 Å². The van der Waals surface area contributed by atoms with Crippen LogP contribution in [-0.4, -0.2) is 30.4 Å². The number of hydrogen-bond donors (Lipinski definition) is 0. The lowest BCUT2D eigenvalue weighted by molar-refractivity contribution is -0.116. The minimum Gasteiger partial charge on any atom is -0.494 e. The van der Waals surface area contributed by atoms with Gasteiger partial charge >= 0.3 is 0 Å². The zero-order chi connectivity index (χ0) is 44.9. The lowest BCUT2D eigenvalue weighted by atomic mass is 9.85. The van der Waals surface area contributed by atoms with Gasteiger partial charge < -0.3 is 9.64 Å². The fraction of sp³-hybridized carbons (Fsp3) is 0.611. The van der Waals surface area contributed by atoms with Crippen molar-refractivity contribution in [3.8, 4) is 5.75 Å². The maximum atomic E-state index is 10.6. The molecule has 2 atom stereocenters. The molecule has 0 aliphatic heterocycles. The summed E-state index contributed by atoms with van der Waals surface area (Å²) in [6, 6.07) is 7.04. The maximum Gasteiger partial charge on any atom is 0.133 e. The predicted octanol–water partition coefficient (Wildman–Crippen LogP) is 17.7. The quantitative estimate of drug-likeness (QED) is 0.116. The highest BCUT2D eigenvalue weighted by Gasteiger charge is 2.27. The number of nitrogens with zero attached hydrogens (tertiary/aromatic N) is 1. The molecule has 1 aliphatic rings. The molecular formula is C54H97NO2. The van der Waals surface area contributed by atoms with Crippen molar-refractivity contribution in [2.75, 3.05) is 19.7 Å². The first-order chi connectivity index (χ1) is 27.5. The monoisotopic (exact) mass is 792 g/mol. The first-order valence-electron chi connectivity index (χ1n) is 23.1. The van der Waals surface area contributed by atoms with Crippen molar-refractivity contribution in [2.45, 2.75) is 194 Å². The summed E-state index contributed by atoms with van der Waals surface area (Å²) in [5.41, 5.74) is 5.35. The molecule has 1 aliphatic carbocycles. The van der Waals surface area contributed by atoms with Crippen LogP contribution < -0.4 is 4.74 Å². The molecule has 0 heterocycles. The number of carbonyl (C=O) groups excluding carboxylic acids is 1. The van der Waals surface area contributed by atoms with Gasteiger partial charge in [0.05, 0.1) is 6.61 Å². The van der Waals surface area contributed by atoms with Crippen LogP contribution in [0.1, 0.15) is 205 Å². The summed E-state index contributed by atoms with van der Waals surface area (Å²) in [5, 5.41) is 0. The molecule has 2 rings (SSSR count). The van der Waals surface area contributed by atoms with Crippen LogP contribution in [0.25, 0.3) is 0 Å². The van der Waals surface area contributed by atoms with Crippen LogP contribution in [0, 0.1) is 5.92 Å². The van der Waals surface area contributed by atoms with Crippen LogP contribution in [0.5, 0.6) is 5.75 Å². The van der Waals surface area contributed by atoms with Gasteiger partial charge in [0.25, 0.3) is 0 Å². The molecule has 1 aromatic rings. The van der Waals surface area contributed by atoms with Gasteiger partial charge in [0, 0.05) is 19.5 Å². The van der Waals surface area contributed by atoms with Gasteiger partial charge in [-0.3, -0.25) is 4.79 Å². The van der Waals surface area contributed by atoms with E-state index in [-0.39, 0.29) is 5.78 Å². The molecule has 1 fully saturated rings. The molecule has 0 amide bonds. The summed E-state index contributed by atoms with van der Waals surface area (Å²) in [5.74, 6) is 3.62. The Morgan fingerprint density at radius 1 is 0.895 bits per heavy atom. The Morgan fingerprint density at radius 2 is 1.51 bits per heavy atom. The molecule has 2 unspecified atom stereocenters. The summed E-state index contributed by atoms with van der Waals surface area (Å²) in [7, 11) is 0. The van der Waals surface area contributed by atoms with Crippen molar-refractivity contribution in [3.05, 3.63) is 115 Å². The van der Waals surface area contributed by atoms with Gasteiger partial charge in [-0.05, 0) is 113 Å². The van der Waals surface area contributed by atoms with Gasteiger partial charge in [-0.2, -0.15) is 0 Å². The number of Topliss-reactive ketones (excluding diaryl/α,β-unsaturated/α-hetero) is 1.